The Morgan fingerprint density at radius 3 is 2.90 bits per heavy atom. The summed E-state index contributed by atoms with van der Waals surface area (Å²) in [5.41, 5.74) is 0.754. The second-order valence-electron chi connectivity index (χ2n) is 5.24. The van der Waals surface area contributed by atoms with Crippen molar-refractivity contribution in [3.63, 3.8) is 0 Å². The third-order valence-electron chi connectivity index (χ3n) is 3.76. The summed E-state index contributed by atoms with van der Waals surface area (Å²) in [4.78, 5) is 24.7. The number of nitrogens with zero attached hydrogens (tertiary/aromatic N) is 1. The van der Waals surface area contributed by atoms with E-state index in [1.54, 1.807) is 12.1 Å². The number of carbonyl (C=O) groups is 2. The van der Waals surface area contributed by atoms with Crippen LogP contribution in [0, 0.1) is 5.82 Å². The second kappa shape index (κ2) is 6.03. The number of carboxylic acids is 1. The second-order valence-corrected chi connectivity index (χ2v) is 5.24. The van der Waals surface area contributed by atoms with Gasteiger partial charge in [-0.3, -0.25) is 4.79 Å². The molecule has 2 atom stereocenters. The molecular weight excluding hydrogens is 261 g/mol. The first kappa shape index (κ1) is 14.5. The number of carbonyl (C=O) groups excluding carboxylic acids is 1. The van der Waals surface area contributed by atoms with Crippen molar-refractivity contribution in [3.8, 4) is 0 Å². The third-order valence-corrected chi connectivity index (χ3v) is 3.76. The van der Waals surface area contributed by atoms with E-state index in [4.69, 9.17) is 5.11 Å². The minimum Gasteiger partial charge on any atom is -0.480 e. The van der Waals surface area contributed by atoms with Crippen LogP contribution in [0.2, 0.25) is 0 Å². The lowest BCUT2D eigenvalue weighted by atomic mass is 9.97. The number of rotatable bonds is 4. The van der Waals surface area contributed by atoms with E-state index in [0.717, 1.165) is 12.0 Å². The number of amides is 1. The zero-order valence-electron chi connectivity index (χ0n) is 11.4. The van der Waals surface area contributed by atoms with E-state index in [1.165, 1.54) is 17.0 Å². The maximum atomic E-state index is 13.2. The molecule has 0 bridgehead atoms. The van der Waals surface area contributed by atoms with Crippen LogP contribution < -0.4 is 0 Å². The van der Waals surface area contributed by atoms with Crippen LogP contribution in [0.15, 0.2) is 24.3 Å². The van der Waals surface area contributed by atoms with Gasteiger partial charge in [0, 0.05) is 13.0 Å². The number of likely N-dealkylation sites (tertiary alicyclic amines) is 1. The first-order chi connectivity index (χ1) is 9.49. The van der Waals surface area contributed by atoms with Crippen molar-refractivity contribution < 1.29 is 19.1 Å². The zero-order chi connectivity index (χ0) is 14.7. The highest BCUT2D eigenvalue weighted by Crippen LogP contribution is 2.24. The van der Waals surface area contributed by atoms with Gasteiger partial charge < -0.3 is 10.0 Å². The lowest BCUT2D eigenvalue weighted by Gasteiger charge is -2.23. The van der Waals surface area contributed by atoms with Crippen LogP contribution in [-0.2, 0) is 9.59 Å². The van der Waals surface area contributed by atoms with Crippen LogP contribution >= 0.6 is 0 Å². The predicted octanol–water partition coefficient (Wildman–Crippen LogP) is 2.39. The number of hydrogen-bond acceptors (Lipinski definition) is 2. The molecule has 1 amide bonds. The first-order valence-electron chi connectivity index (χ1n) is 6.76. The zero-order valence-corrected chi connectivity index (χ0v) is 11.4. The van der Waals surface area contributed by atoms with Gasteiger partial charge in [0.15, 0.2) is 0 Å². The van der Waals surface area contributed by atoms with Crippen molar-refractivity contribution in [1.82, 2.24) is 4.90 Å². The number of carboxylic acid groups (broad SMARTS) is 1. The van der Waals surface area contributed by atoms with Gasteiger partial charge in [0.2, 0.25) is 5.91 Å². The van der Waals surface area contributed by atoms with Crippen LogP contribution in [0.5, 0.6) is 0 Å². The van der Waals surface area contributed by atoms with E-state index >= 15 is 0 Å². The van der Waals surface area contributed by atoms with E-state index in [-0.39, 0.29) is 24.1 Å². The molecule has 2 rings (SSSR count). The molecule has 0 unspecified atom stereocenters. The van der Waals surface area contributed by atoms with Gasteiger partial charge in [-0.25, -0.2) is 9.18 Å². The lowest BCUT2D eigenvalue weighted by Crippen LogP contribution is -2.40. The minimum absolute atomic E-state index is 0.131. The molecule has 20 heavy (non-hydrogen) atoms. The molecule has 1 heterocycles. The van der Waals surface area contributed by atoms with Gasteiger partial charge in [0.05, 0.1) is 0 Å². The molecular formula is C15H18FNO3. The SMILES string of the molecule is C[C@@H](CC(=O)N1CCC[C@@H]1C(=O)O)c1cccc(F)c1. The van der Waals surface area contributed by atoms with Crippen molar-refractivity contribution in [1.29, 1.82) is 0 Å². The molecule has 0 aromatic heterocycles. The van der Waals surface area contributed by atoms with Crippen LogP contribution in [-0.4, -0.2) is 34.5 Å². The fourth-order valence-electron chi connectivity index (χ4n) is 2.63. The quantitative estimate of drug-likeness (QED) is 0.920. The van der Waals surface area contributed by atoms with Crippen LogP contribution in [0.3, 0.4) is 0 Å². The van der Waals surface area contributed by atoms with Gasteiger partial charge in [-0.1, -0.05) is 19.1 Å². The average Bonchev–Trinajstić information content (AvgIpc) is 2.88. The first-order valence-corrected chi connectivity index (χ1v) is 6.76. The lowest BCUT2D eigenvalue weighted by molar-refractivity contribution is -0.148. The van der Waals surface area contributed by atoms with Gasteiger partial charge in [-0.2, -0.15) is 0 Å². The number of benzene rings is 1. The molecule has 0 radical (unpaired) electrons. The fraction of sp³-hybridized carbons (Fsp3) is 0.467. The van der Waals surface area contributed by atoms with Gasteiger partial charge >= 0.3 is 5.97 Å². The molecule has 4 nitrogen and oxygen atoms in total. The largest absolute Gasteiger partial charge is 0.480 e. The third kappa shape index (κ3) is 3.15. The standard InChI is InChI=1S/C15H18FNO3/c1-10(11-4-2-5-12(16)9-11)8-14(18)17-7-3-6-13(17)15(19)20/h2,4-5,9-10,13H,3,6-8H2,1H3,(H,19,20)/t10-,13+/m0/s1. The molecule has 1 fully saturated rings. The summed E-state index contributed by atoms with van der Waals surface area (Å²) < 4.78 is 13.2. The van der Waals surface area contributed by atoms with Crippen LogP contribution in [0.1, 0.15) is 37.7 Å². The van der Waals surface area contributed by atoms with Gasteiger partial charge in [-0.15, -0.1) is 0 Å². The van der Waals surface area contributed by atoms with Crippen molar-refractivity contribution in [2.45, 2.75) is 38.1 Å². The molecule has 108 valence electrons. The molecule has 0 aliphatic carbocycles. The van der Waals surface area contributed by atoms with Crippen LogP contribution in [0.25, 0.3) is 0 Å². The molecule has 5 heteroatoms. The predicted molar refractivity (Wildman–Crippen MR) is 71.8 cm³/mol. The van der Waals surface area contributed by atoms with Gasteiger partial charge in [0.25, 0.3) is 0 Å². The summed E-state index contributed by atoms with van der Waals surface area (Å²) in [6.45, 7) is 2.34. The topological polar surface area (TPSA) is 57.6 Å². The maximum absolute atomic E-state index is 13.2. The van der Waals surface area contributed by atoms with Crippen molar-refractivity contribution >= 4 is 11.9 Å². The molecule has 1 saturated heterocycles. The van der Waals surface area contributed by atoms with E-state index in [9.17, 15) is 14.0 Å². The van der Waals surface area contributed by atoms with Crippen molar-refractivity contribution in [2.75, 3.05) is 6.54 Å². The van der Waals surface area contributed by atoms with Crippen molar-refractivity contribution in [3.05, 3.63) is 35.6 Å². The van der Waals surface area contributed by atoms with Crippen LogP contribution in [0.4, 0.5) is 4.39 Å². The molecule has 0 saturated carbocycles. The number of hydrogen-bond donors (Lipinski definition) is 1. The molecule has 1 N–H and O–H groups in total. The molecule has 1 aliphatic heterocycles. The highest BCUT2D eigenvalue weighted by atomic mass is 19.1. The molecule has 1 aromatic rings. The Kier molecular flexibility index (Phi) is 4.37. The summed E-state index contributed by atoms with van der Waals surface area (Å²) in [6, 6.07) is 5.46. The summed E-state index contributed by atoms with van der Waals surface area (Å²) >= 11 is 0. The summed E-state index contributed by atoms with van der Waals surface area (Å²) in [6.07, 6.45) is 1.43. The summed E-state index contributed by atoms with van der Waals surface area (Å²) in [7, 11) is 0. The Morgan fingerprint density at radius 2 is 2.25 bits per heavy atom. The van der Waals surface area contributed by atoms with E-state index in [1.807, 2.05) is 6.92 Å². The monoisotopic (exact) mass is 279 g/mol. The number of halogens is 1. The number of aliphatic carboxylic acids is 1. The normalized spacial score (nSPS) is 19.9. The molecule has 1 aromatic carbocycles. The Hall–Kier alpha value is -1.91. The van der Waals surface area contributed by atoms with Crippen molar-refractivity contribution in [2.24, 2.45) is 0 Å². The summed E-state index contributed by atoms with van der Waals surface area (Å²) in [5.74, 6) is -1.58. The molecule has 1 aliphatic rings. The Bertz CT molecular complexity index is 518. The smallest absolute Gasteiger partial charge is 0.326 e. The van der Waals surface area contributed by atoms with Gasteiger partial charge in [0.1, 0.15) is 11.9 Å². The highest BCUT2D eigenvalue weighted by Gasteiger charge is 2.34. The Labute approximate surface area is 117 Å². The summed E-state index contributed by atoms with van der Waals surface area (Å²) in [5, 5.41) is 9.08. The Balaban J connectivity index is 2.02. The minimum atomic E-state index is -0.950. The highest BCUT2D eigenvalue weighted by molar-refractivity contribution is 5.84. The van der Waals surface area contributed by atoms with E-state index in [0.29, 0.717) is 13.0 Å². The Morgan fingerprint density at radius 1 is 1.50 bits per heavy atom. The molecule has 0 spiro atoms. The van der Waals surface area contributed by atoms with E-state index in [2.05, 4.69) is 0 Å². The van der Waals surface area contributed by atoms with E-state index < -0.39 is 12.0 Å². The maximum Gasteiger partial charge on any atom is 0.326 e. The van der Waals surface area contributed by atoms with Gasteiger partial charge in [-0.05, 0) is 36.5 Å². The average molecular weight is 279 g/mol. The fourth-order valence-corrected chi connectivity index (χ4v) is 2.63.